The quantitative estimate of drug-likeness (QED) is 0.801. The molecule has 0 aliphatic carbocycles. The Morgan fingerprint density at radius 3 is 2.67 bits per heavy atom. The average molecular weight is 371 g/mol. The summed E-state index contributed by atoms with van der Waals surface area (Å²) in [5, 5.41) is 4.51. The van der Waals surface area contributed by atoms with Gasteiger partial charge in [-0.3, -0.25) is 9.69 Å². The van der Waals surface area contributed by atoms with Crippen molar-refractivity contribution in [1.29, 1.82) is 0 Å². The highest BCUT2D eigenvalue weighted by Crippen LogP contribution is 2.26. The topological polar surface area (TPSA) is 63.4 Å². The minimum atomic E-state index is -0.154. The van der Waals surface area contributed by atoms with E-state index in [9.17, 15) is 9.59 Å². The van der Waals surface area contributed by atoms with E-state index in [0.29, 0.717) is 19.1 Å². The second kappa shape index (κ2) is 8.08. The third-order valence-corrected chi connectivity index (χ3v) is 5.37. The molecule has 0 radical (unpaired) electrons. The number of nitrogens with zero attached hydrogens (tertiary/aromatic N) is 5. The zero-order valence-corrected chi connectivity index (χ0v) is 16.6. The highest BCUT2D eigenvalue weighted by molar-refractivity contribution is 5.78. The molecule has 0 N–H and O–H groups in total. The number of likely N-dealkylation sites (N-methyl/N-ethyl adjacent to an activating group) is 1. The predicted octanol–water partition coefficient (Wildman–Crippen LogP) is 1.62. The van der Waals surface area contributed by atoms with Gasteiger partial charge in [0, 0.05) is 32.1 Å². The Morgan fingerprint density at radius 2 is 2.00 bits per heavy atom. The molecule has 2 aromatic rings. The Morgan fingerprint density at radius 1 is 1.30 bits per heavy atom. The molecule has 1 saturated heterocycles. The van der Waals surface area contributed by atoms with Crippen molar-refractivity contribution in [2.24, 2.45) is 7.05 Å². The van der Waals surface area contributed by atoms with Crippen molar-refractivity contribution in [2.75, 3.05) is 26.7 Å². The number of hydrogen-bond donors (Lipinski definition) is 0. The van der Waals surface area contributed by atoms with Crippen LogP contribution >= 0.6 is 0 Å². The number of amides is 1. The van der Waals surface area contributed by atoms with Crippen LogP contribution in [0.15, 0.2) is 35.1 Å². The van der Waals surface area contributed by atoms with Crippen LogP contribution in [0, 0.1) is 0 Å². The van der Waals surface area contributed by atoms with Crippen LogP contribution in [0.3, 0.4) is 0 Å². The van der Waals surface area contributed by atoms with Gasteiger partial charge in [-0.05, 0) is 45.9 Å². The maximum atomic E-state index is 12.7. The third kappa shape index (κ3) is 4.13. The van der Waals surface area contributed by atoms with Crippen molar-refractivity contribution < 1.29 is 4.79 Å². The molecule has 146 valence electrons. The number of carbonyl (C=O) groups is 1. The van der Waals surface area contributed by atoms with Gasteiger partial charge in [0.15, 0.2) is 0 Å². The van der Waals surface area contributed by atoms with Gasteiger partial charge in [0.1, 0.15) is 5.82 Å². The first kappa shape index (κ1) is 19.4. The molecule has 1 aromatic heterocycles. The Kier molecular flexibility index (Phi) is 5.79. The van der Waals surface area contributed by atoms with Crippen molar-refractivity contribution in [3.63, 3.8) is 0 Å². The molecular weight excluding hydrogens is 342 g/mol. The first-order valence-corrected chi connectivity index (χ1v) is 9.58. The summed E-state index contributed by atoms with van der Waals surface area (Å²) in [6, 6.07) is 9.91. The Hall–Kier alpha value is -2.41. The number of hydrogen-bond acceptors (Lipinski definition) is 4. The van der Waals surface area contributed by atoms with Crippen LogP contribution in [0.25, 0.3) is 5.69 Å². The molecule has 0 spiro atoms. The monoisotopic (exact) mass is 371 g/mol. The lowest BCUT2D eigenvalue weighted by Crippen LogP contribution is -2.45. The SMILES string of the molecule is CC(C)N(C)CC(=O)N1CCCC(c2nn(C)c(=O)n2-c2ccccc2)C1. The van der Waals surface area contributed by atoms with Gasteiger partial charge < -0.3 is 4.90 Å². The fourth-order valence-corrected chi connectivity index (χ4v) is 3.48. The van der Waals surface area contributed by atoms with Crippen molar-refractivity contribution in [3.8, 4) is 5.69 Å². The first-order valence-electron chi connectivity index (χ1n) is 9.58. The van der Waals surface area contributed by atoms with Gasteiger partial charge >= 0.3 is 5.69 Å². The molecule has 1 atom stereocenters. The van der Waals surface area contributed by atoms with Crippen LogP contribution in [-0.4, -0.2) is 62.8 Å². The normalized spacial score (nSPS) is 17.7. The molecule has 27 heavy (non-hydrogen) atoms. The number of carbonyl (C=O) groups excluding carboxylic acids is 1. The molecule has 1 fully saturated rings. The van der Waals surface area contributed by atoms with E-state index in [1.165, 1.54) is 4.68 Å². The number of benzene rings is 1. The van der Waals surface area contributed by atoms with Crippen LogP contribution in [0.4, 0.5) is 0 Å². The molecule has 1 aliphatic heterocycles. The van der Waals surface area contributed by atoms with Gasteiger partial charge in [0.05, 0.1) is 12.2 Å². The fourth-order valence-electron chi connectivity index (χ4n) is 3.48. The van der Waals surface area contributed by atoms with Crippen LogP contribution in [0.5, 0.6) is 0 Å². The van der Waals surface area contributed by atoms with Gasteiger partial charge in [-0.2, -0.15) is 5.10 Å². The lowest BCUT2D eigenvalue weighted by Gasteiger charge is -2.34. The second-order valence-corrected chi connectivity index (χ2v) is 7.62. The van der Waals surface area contributed by atoms with E-state index in [1.54, 1.807) is 11.6 Å². The van der Waals surface area contributed by atoms with Crippen molar-refractivity contribution >= 4 is 5.91 Å². The van der Waals surface area contributed by atoms with Crippen molar-refractivity contribution in [1.82, 2.24) is 24.1 Å². The molecule has 7 heteroatoms. The molecule has 1 unspecified atom stereocenters. The second-order valence-electron chi connectivity index (χ2n) is 7.62. The van der Waals surface area contributed by atoms with E-state index < -0.39 is 0 Å². The Balaban J connectivity index is 1.84. The van der Waals surface area contributed by atoms with Gasteiger partial charge in [-0.15, -0.1) is 0 Å². The number of piperidine rings is 1. The molecule has 1 amide bonds. The summed E-state index contributed by atoms with van der Waals surface area (Å²) in [6.07, 6.45) is 1.84. The summed E-state index contributed by atoms with van der Waals surface area (Å²) >= 11 is 0. The maximum absolute atomic E-state index is 12.7. The molecular formula is C20H29N5O2. The molecule has 2 heterocycles. The maximum Gasteiger partial charge on any atom is 0.350 e. The largest absolute Gasteiger partial charge is 0.350 e. The smallest absolute Gasteiger partial charge is 0.341 e. The first-order chi connectivity index (χ1) is 12.9. The molecule has 1 aromatic carbocycles. The molecule has 0 saturated carbocycles. The van der Waals surface area contributed by atoms with Gasteiger partial charge in [0.25, 0.3) is 0 Å². The van der Waals surface area contributed by atoms with E-state index >= 15 is 0 Å². The summed E-state index contributed by atoms with van der Waals surface area (Å²) in [4.78, 5) is 29.3. The number of rotatable bonds is 5. The van der Waals surface area contributed by atoms with Crippen molar-refractivity contribution in [2.45, 2.75) is 38.6 Å². The van der Waals surface area contributed by atoms with E-state index in [0.717, 1.165) is 30.9 Å². The zero-order chi connectivity index (χ0) is 19.6. The van der Waals surface area contributed by atoms with Crippen LogP contribution < -0.4 is 5.69 Å². The fraction of sp³-hybridized carbons (Fsp3) is 0.550. The highest BCUT2D eigenvalue weighted by atomic mass is 16.2. The van der Waals surface area contributed by atoms with E-state index in [2.05, 4.69) is 18.9 Å². The average Bonchev–Trinajstić information content (AvgIpc) is 2.97. The summed E-state index contributed by atoms with van der Waals surface area (Å²) in [7, 11) is 3.64. The van der Waals surface area contributed by atoms with Crippen LogP contribution in [-0.2, 0) is 11.8 Å². The minimum absolute atomic E-state index is 0.0566. The van der Waals surface area contributed by atoms with E-state index in [-0.39, 0.29) is 17.5 Å². The zero-order valence-electron chi connectivity index (χ0n) is 16.6. The lowest BCUT2D eigenvalue weighted by molar-refractivity contribution is -0.133. The number of aryl methyl sites for hydroxylation is 1. The van der Waals surface area contributed by atoms with Gasteiger partial charge in [-0.1, -0.05) is 18.2 Å². The molecule has 1 aliphatic rings. The van der Waals surface area contributed by atoms with Gasteiger partial charge in [-0.25, -0.2) is 14.0 Å². The molecule has 7 nitrogen and oxygen atoms in total. The van der Waals surface area contributed by atoms with Gasteiger partial charge in [0.2, 0.25) is 5.91 Å². The van der Waals surface area contributed by atoms with Crippen LogP contribution in [0.1, 0.15) is 38.4 Å². The summed E-state index contributed by atoms with van der Waals surface area (Å²) < 4.78 is 3.06. The lowest BCUT2D eigenvalue weighted by atomic mass is 9.97. The summed E-state index contributed by atoms with van der Waals surface area (Å²) in [5.41, 5.74) is 0.660. The van der Waals surface area contributed by atoms with E-state index in [4.69, 9.17) is 0 Å². The predicted molar refractivity (Wildman–Crippen MR) is 105 cm³/mol. The van der Waals surface area contributed by atoms with Crippen LogP contribution in [0.2, 0.25) is 0 Å². The van der Waals surface area contributed by atoms with Crippen molar-refractivity contribution in [3.05, 3.63) is 46.6 Å². The number of para-hydroxylation sites is 1. The third-order valence-electron chi connectivity index (χ3n) is 5.37. The summed E-state index contributed by atoms with van der Waals surface area (Å²) in [6.45, 7) is 5.95. The Bertz CT molecular complexity index is 840. The minimum Gasteiger partial charge on any atom is -0.341 e. The molecule has 3 rings (SSSR count). The Labute approximate surface area is 160 Å². The standard InChI is InChI=1S/C20H29N5O2/c1-15(2)22(3)14-18(26)24-12-8-9-16(13-24)19-21-23(4)20(27)25(19)17-10-6-5-7-11-17/h5-7,10-11,15-16H,8-9,12-14H2,1-4H3. The van der Waals surface area contributed by atoms with E-state index in [1.807, 2.05) is 47.2 Å². The highest BCUT2D eigenvalue weighted by Gasteiger charge is 2.30. The molecule has 0 bridgehead atoms. The number of aromatic nitrogens is 3. The summed E-state index contributed by atoms with van der Waals surface area (Å²) in [5.74, 6) is 0.935. The number of likely N-dealkylation sites (tertiary alicyclic amines) is 1.